The van der Waals surface area contributed by atoms with Gasteiger partial charge in [0, 0.05) is 13.6 Å². The van der Waals surface area contributed by atoms with Gasteiger partial charge in [0.1, 0.15) is 23.7 Å². The molecule has 1 atom stereocenters. The Morgan fingerprint density at radius 3 is 2.59 bits per heavy atom. The van der Waals surface area contributed by atoms with Crippen LogP contribution in [0.5, 0.6) is 0 Å². The molecule has 8 nitrogen and oxygen atoms in total. The highest BCUT2D eigenvalue weighted by atomic mass is 16.3. The molecule has 164 valence electrons. The van der Waals surface area contributed by atoms with Crippen molar-refractivity contribution in [3.05, 3.63) is 71.4 Å². The third kappa shape index (κ3) is 3.14. The van der Waals surface area contributed by atoms with Crippen LogP contribution in [0.3, 0.4) is 0 Å². The molecular weight excluding hydrogens is 406 g/mol. The molecule has 32 heavy (non-hydrogen) atoms. The molecule has 4 heterocycles. The molecule has 1 fully saturated rings. The Morgan fingerprint density at radius 2 is 1.88 bits per heavy atom. The number of imide groups is 1. The van der Waals surface area contributed by atoms with Gasteiger partial charge in [0.2, 0.25) is 11.9 Å². The van der Waals surface area contributed by atoms with Crippen molar-refractivity contribution in [2.24, 2.45) is 4.99 Å². The SMILES string of the molecule is Cc1c(C)[n+](Cc2ccco2)c2n1C1C(=O)N(CCCc3ccccc3)C(=O)N(C)C1=N2. The summed E-state index contributed by atoms with van der Waals surface area (Å²) in [6.45, 7) is 4.89. The standard InChI is InChI=1S/C24H26N5O3/c1-16-17(2)29-20-21(25-23(29)28(16)15-19-12-8-14-32-19)26(3)24(31)27(22(20)30)13-7-11-18-9-5-4-6-10-18/h4-6,8-10,12,14,20H,7,11,13,15H2,1-3H3/q+1. The van der Waals surface area contributed by atoms with E-state index in [2.05, 4.69) is 12.1 Å². The van der Waals surface area contributed by atoms with Gasteiger partial charge in [-0.3, -0.25) is 14.6 Å². The number of imidazole rings is 1. The largest absolute Gasteiger partial charge is 0.466 e. The third-order valence-corrected chi connectivity index (χ3v) is 6.41. The predicted octanol–water partition coefficient (Wildman–Crippen LogP) is 3.15. The Labute approximate surface area is 186 Å². The number of amidine groups is 1. The van der Waals surface area contributed by atoms with E-state index in [1.165, 1.54) is 15.4 Å². The normalized spacial score (nSPS) is 17.6. The number of rotatable bonds is 6. The molecule has 3 aromatic rings. The average molecular weight is 433 g/mol. The molecule has 3 amide bonds. The summed E-state index contributed by atoms with van der Waals surface area (Å²) in [6, 6.07) is 12.9. The van der Waals surface area contributed by atoms with E-state index in [0.29, 0.717) is 31.3 Å². The minimum atomic E-state index is -0.624. The van der Waals surface area contributed by atoms with Gasteiger partial charge in [-0.1, -0.05) is 35.3 Å². The lowest BCUT2D eigenvalue weighted by atomic mass is 10.1. The fraction of sp³-hybridized carbons (Fsp3) is 0.333. The van der Waals surface area contributed by atoms with Crippen LogP contribution >= 0.6 is 0 Å². The van der Waals surface area contributed by atoms with Crippen molar-refractivity contribution in [1.82, 2.24) is 14.4 Å². The molecule has 5 rings (SSSR count). The maximum Gasteiger partial charge on any atom is 0.402 e. The molecule has 0 saturated carbocycles. The highest BCUT2D eigenvalue weighted by Gasteiger charge is 2.54. The van der Waals surface area contributed by atoms with Crippen LogP contribution in [0.4, 0.5) is 10.7 Å². The second-order valence-electron chi connectivity index (χ2n) is 8.30. The van der Waals surface area contributed by atoms with Crippen molar-refractivity contribution in [2.75, 3.05) is 13.6 Å². The molecule has 0 radical (unpaired) electrons. The van der Waals surface area contributed by atoms with E-state index in [0.717, 1.165) is 23.6 Å². The number of fused-ring (bicyclic) bond motifs is 3. The van der Waals surface area contributed by atoms with Gasteiger partial charge in [-0.2, -0.15) is 0 Å². The van der Waals surface area contributed by atoms with Gasteiger partial charge < -0.3 is 4.42 Å². The zero-order valence-electron chi connectivity index (χ0n) is 18.5. The molecule has 1 saturated heterocycles. The minimum absolute atomic E-state index is 0.220. The Balaban J connectivity index is 1.43. The topological polar surface area (TPSA) is 74.9 Å². The summed E-state index contributed by atoms with van der Waals surface area (Å²) in [6.07, 6.45) is 3.16. The molecule has 0 aliphatic carbocycles. The van der Waals surface area contributed by atoms with Crippen molar-refractivity contribution in [2.45, 2.75) is 39.3 Å². The summed E-state index contributed by atoms with van der Waals surface area (Å²) < 4.78 is 9.50. The summed E-state index contributed by atoms with van der Waals surface area (Å²) in [4.78, 5) is 34.1. The van der Waals surface area contributed by atoms with Gasteiger partial charge in [0.25, 0.3) is 5.91 Å². The maximum absolute atomic E-state index is 13.5. The second kappa shape index (κ2) is 7.78. The summed E-state index contributed by atoms with van der Waals surface area (Å²) in [5.74, 6) is 1.72. The summed E-state index contributed by atoms with van der Waals surface area (Å²) in [5.41, 5.74) is 3.16. The Kier molecular flexibility index (Phi) is 4.92. The van der Waals surface area contributed by atoms with Gasteiger partial charge in [0.05, 0.1) is 6.26 Å². The zero-order chi connectivity index (χ0) is 22.4. The van der Waals surface area contributed by atoms with Crippen molar-refractivity contribution in [1.29, 1.82) is 0 Å². The van der Waals surface area contributed by atoms with Crippen LogP contribution in [-0.4, -0.2) is 45.7 Å². The maximum atomic E-state index is 13.5. The molecule has 2 aliphatic rings. The van der Waals surface area contributed by atoms with E-state index in [1.807, 2.05) is 53.3 Å². The number of likely N-dealkylation sites (N-methyl/N-ethyl adjacent to an activating group) is 1. The fourth-order valence-electron chi connectivity index (χ4n) is 4.54. The van der Waals surface area contributed by atoms with Crippen molar-refractivity contribution in [3.63, 3.8) is 0 Å². The number of hydrogen-bond donors (Lipinski definition) is 0. The van der Waals surface area contributed by atoms with Crippen LogP contribution in [0.25, 0.3) is 0 Å². The van der Waals surface area contributed by atoms with E-state index >= 15 is 0 Å². The van der Waals surface area contributed by atoms with Gasteiger partial charge in [-0.25, -0.2) is 13.9 Å². The lowest BCUT2D eigenvalue weighted by Crippen LogP contribution is -2.57. The Bertz CT molecular complexity index is 1210. The molecule has 0 N–H and O–H groups in total. The molecule has 2 aliphatic heterocycles. The van der Waals surface area contributed by atoms with E-state index in [1.54, 1.807) is 13.3 Å². The van der Waals surface area contributed by atoms with Crippen LogP contribution in [0.1, 0.15) is 35.2 Å². The number of urea groups is 1. The fourth-order valence-corrected chi connectivity index (χ4v) is 4.54. The number of aryl methyl sites for hydroxylation is 1. The number of furan rings is 1. The zero-order valence-corrected chi connectivity index (χ0v) is 18.5. The van der Waals surface area contributed by atoms with E-state index in [-0.39, 0.29) is 11.9 Å². The van der Waals surface area contributed by atoms with Crippen LogP contribution in [0.15, 0.2) is 58.1 Å². The molecule has 2 aromatic heterocycles. The van der Waals surface area contributed by atoms with Crippen molar-refractivity contribution in [3.8, 4) is 0 Å². The number of amides is 3. The highest BCUT2D eigenvalue weighted by molar-refractivity contribution is 6.20. The first kappa shape index (κ1) is 20.2. The van der Waals surface area contributed by atoms with E-state index < -0.39 is 6.04 Å². The number of carbonyl (C=O) groups is 2. The Morgan fingerprint density at radius 1 is 1.09 bits per heavy atom. The quantitative estimate of drug-likeness (QED) is 0.562. The van der Waals surface area contributed by atoms with Crippen LogP contribution in [0.2, 0.25) is 0 Å². The first-order valence-corrected chi connectivity index (χ1v) is 10.8. The third-order valence-electron chi connectivity index (χ3n) is 6.41. The van der Waals surface area contributed by atoms with Crippen molar-refractivity contribution >= 4 is 23.7 Å². The first-order valence-electron chi connectivity index (χ1n) is 10.8. The summed E-state index contributed by atoms with van der Waals surface area (Å²) in [7, 11) is 1.69. The van der Waals surface area contributed by atoms with Crippen LogP contribution in [0, 0.1) is 13.8 Å². The van der Waals surface area contributed by atoms with Crippen molar-refractivity contribution < 1.29 is 18.6 Å². The second-order valence-corrected chi connectivity index (χ2v) is 8.30. The van der Waals surface area contributed by atoms with Gasteiger partial charge in [-0.15, -0.1) is 0 Å². The lowest BCUT2D eigenvalue weighted by molar-refractivity contribution is -0.682. The van der Waals surface area contributed by atoms with E-state index in [4.69, 9.17) is 9.41 Å². The average Bonchev–Trinajstić information content (AvgIpc) is 3.50. The number of aliphatic imine (C=N–C) groups is 1. The molecule has 1 aromatic carbocycles. The van der Waals surface area contributed by atoms with Gasteiger partial charge in [0.15, 0.2) is 0 Å². The lowest BCUT2D eigenvalue weighted by Gasteiger charge is -2.33. The number of carbonyl (C=O) groups excluding carboxylic acids is 2. The predicted molar refractivity (Wildman–Crippen MR) is 118 cm³/mol. The number of nitrogens with zero attached hydrogens (tertiary/aromatic N) is 5. The first-order chi connectivity index (χ1) is 15.5. The smallest absolute Gasteiger partial charge is 0.402 e. The number of aromatic nitrogens is 2. The molecule has 8 heteroatoms. The summed E-state index contributed by atoms with van der Waals surface area (Å²) in [5, 5.41) is 0. The number of hydrogen-bond acceptors (Lipinski definition) is 4. The minimum Gasteiger partial charge on any atom is -0.466 e. The monoisotopic (exact) mass is 432 g/mol. The van der Waals surface area contributed by atoms with E-state index in [9.17, 15) is 9.59 Å². The molecule has 0 bridgehead atoms. The van der Waals surface area contributed by atoms with Crippen LogP contribution in [-0.2, 0) is 17.8 Å². The molecule has 1 unspecified atom stereocenters. The number of benzene rings is 1. The Hall–Kier alpha value is -3.68. The van der Waals surface area contributed by atoms with Gasteiger partial charge >= 0.3 is 12.0 Å². The molecular formula is C24H26N5O3+. The molecule has 0 spiro atoms. The van der Waals surface area contributed by atoms with Gasteiger partial charge in [-0.05, 0) is 44.4 Å². The van der Waals surface area contributed by atoms with Crippen LogP contribution < -0.4 is 4.57 Å². The highest BCUT2D eigenvalue weighted by Crippen LogP contribution is 2.35. The summed E-state index contributed by atoms with van der Waals surface area (Å²) >= 11 is 0.